The molecule has 1 aromatic rings. The molecule has 0 spiro atoms. The zero-order chi connectivity index (χ0) is 7.72. The second-order valence-corrected chi connectivity index (χ2v) is 2.57. The Kier molecular flexibility index (Phi) is 1.89. The molecule has 0 aromatic carbocycles. The second-order valence-electron chi connectivity index (χ2n) is 1.53. The number of nitrogens with two attached hydrogens (primary N) is 1. The van der Waals surface area contributed by atoms with Crippen molar-refractivity contribution in [2.45, 2.75) is 0 Å². The molecule has 1 rings (SSSR count). The average molecular weight is 325 g/mol. The van der Waals surface area contributed by atoms with Gasteiger partial charge in [0.2, 0.25) is 0 Å². The van der Waals surface area contributed by atoms with E-state index in [2.05, 4.69) is 4.98 Å². The summed E-state index contributed by atoms with van der Waals surface area (Å²) in [6, 6.07) is 0. The summed E-state index contributed by atoms with van der Waals surface area (Å²) in [7, 11) is 0. The molecule has 0 fully saturated rings. The predicted molar refractivity (Wildman–Crippen MR) is 28.3 cm³/mol. The molecular weight excluding hydrogens is 322 g/mol. The van der Waals surface area contributed by atoms with Gasteiger partial charge in [-0.15, -0.1) is 0 Å². The molecule has 10 heavy (non-hydrogen) atoms. The summed E-state index contributed by atoms with van der Waals surface area (Å²) in [5, 5.41) is 0. The molecule has 1 heterocycles. The monoisotopic (exact) mass is 325 g/mol. The minimum atomic E-state index is -0.692. The summed E-state index contributed by atoms with van der Waals surface area (Å²) in [6.45, 7) is 0. The van der Waals surface area contributed by atoms with Crippen LogP contribution in [-0.2, 0) is 21.3 Å². The summed E-state index contributed by atoms with van der Waals surface area (Å²) in [5.41, 5.74) is 4.40. The van der Waals surface area contributed by atoms with Gasteiger partial charge in [-0.1, -0.05) is 0 Å². The normalized spacial score (nSPS) is 9.90. The van der Waals surface area contributed by atoms with Crippen molar-refractivity contribution < 1.29 is 25.7 Å². The third kappa shape index (κ3) is 1.26. The van der Waals surface area contributed by atoms with Crippen LogP contribution < -0.4 is 11.4 Å². The molecule has 0 saturated carbocycles. The van der Waals surface area contributed by atoms with Gasteiger partial charge < -0.3 is 0 Å². The first-order valence-corrected chi connectivity index (χ1v) is 3.25. The van der Waals surface area contributed by atoms with Crippen molar-refractivity contribution in [1.82, 2.24) is 7.95 Å². The summed E-state index contributed by atoms with van der Waals surface area (Å²) in [5.74, 6) is -1.06. The third-order valence-electron chi connectivity index (χ3n) is 0.846. The molecule has 0 saturated heterocycles. The van der Waals surface area contributed by atoms with Gasteiger partial charge in [-0.2, -0.15) is 0 Å². The van der Waals surface area contributed by atoms with Crippen LogP contribution >= 0.6 is 0 Å². The van der Waals surface area contributed by atoms with E-state index in [9.17, 15) is 9.18 Å². The summed E-state index contributed by atoms with van der Waals surface area (Å²) in [4.78, 5) is 13.8. The van der Waals surface area contributed by atoms with Gasteiger partial charge in [0.25, 0.3) is 0 Å². The number of hydrogen-bond donors (Lipinski definition) is 1. The van der Waals surface area contributed by atoms with E-state index >= 15 is 0 Å². The van der Waals surface area contributed by atoms with Crippen LogP contribution in [0.3, 0.4) is 0 Å². The van der Waals surface area contributed by atoms with Crippen LogP contribution in [0.1, 0.15) is 0 Å². The van der Waals surface area contributed by atoms with Crippen LogP contribution in [0.15, 0.2) is 11.0 Å². The van der Waals surface area contributed by atoms with E-state index in [1.165, 1.54) is 0 Å². The average Bonchev–Trinajstić information content (AvgIpc) is 1.84. The topological polar surface area (TPSA) is 60.9 Å². The van der Waals surface area contributed by atoms with Gasteiger partial charge in [-0.25, -0.2) is 0 Å². The van der Waals surface area contributed by atoms with Gasteiger partial charge >= 0.3 is 67.7 Å². The number of hydrogen-bond acceptors (Lipinski definition) is 3. The fraction of sp³-hybridized carbons (Fsp3) is 0. The number of anilines is 1. The molecule has 58 valence electrons. The first-order chi connectivity index (χ1) is 4.61. The zero-order valence-corrected chi connectivity index (χ0v) is 6.80. The van der Waals surface area contributed by atoms with Crippen LogP contribution in [0.4, 0.5) is 10.2 Å². The standard InChI is InChI=1S/C4H4FN3O.Au/c5-2-1-7-4(9)8-3(2)6;/h1H,(H3,6,7,8,9);/q;+1/p-1. The van der Waals surface area contributed by atoms with Crippen molar-refractivity contribution >= 4 is 5.82 Å². The van der Waals surface area contributed by atoms with Crippen LogP contribution in [-0.4, -0.2) is 7.95 Å². The van der Waals surface area contributed by atoms with Crippen LogP contribution in [0.25, 0.3) is 0 Å². The number of nitrogens with zero attached hydrogens (tertiary/aromatic N) is 2. The Morgan fingerprint density at radius 1 is 1.80 bits per heavy atom. The van der Waals surface area contributed by atoms with Gasteiger partial charge in [-0.3, -0.25) is 0 Å². The van der Waals surface area contributed by atoms with Crippen LogP contribution in [0.2, 0.25) is 0 Å². The second kappa shape index (κ2) is 2.53. The minimum absolute atomic E-state index is 0.367. The Balaban J connectivity index is 3.43. The van der Waals surface area contributed by atoms with Crippen molar-refractivity contribution in [3.05, 3.63) is 22.5 Å². The molecule has 0 atom stereocenters. The Bertz CT molecular complexity index is 310. The van der Waals surface area contributed by atoms with E-state index < -0.39 is 11.5 Å². The van der Waals surface area contributed by atoms with Gasteiger partial charge in [0.15, 0.2) is 0 Å². The van der Waals surface area contributed by atoms with Crippen LogP contribution in [0, 0.1) is 5.82 Å². The molecule has 4 nitrogen and oxygen atoms in total. The zero-order valence-electron chi connectivity index (χ0n) is 4.64. The first kappa shape index (κ1) is 7.46. The summed E-state index contributed by atoms with van der Waals surface area (Å²) in [6.07, 6.45) is 0.966. The number of rotatable bonds is 0. The third-order valence-corrected chi connectivity index (χ3v) is 1.54. The van der Waals surface area contributed by atoms with Gasteiger partial charge in [0.1, 0.15) is 0 Å². The van der Waals surface area contributed by atoms with E-state index in [1.54, 1.807) is 21.3 Å². The molecule has 0 bridgehead atoms. The fourth-order valence-electron chi connectivity index (χ4n) is 0.413. The summed E-state index contributed by atoms with van der Waals surface area (Å²) < 4.78 is 13.4. The molecule has 0 amide bonds. The Hall–Kier alpha value is -0.650. The Morgan fingerprint density at radius 2 is 2.40 bits per heavy atom. The fourth-order valence-corrected chi connectivity index (χ4v) is 0.766. The van der Waals surface area contributed by atoms with Crippen molar-refractivity contribution in [3.8, 4) is 0 Å². The quantitative estimate of drug-likeness (QED) is 0.640. The number of nitrogen functional groups attached to an aromatic ring is 1. The van der Waals surface area contributed by atoms with E-state index in [4.69, 9.17) is 5.73 Å². The molecule has 2 N–H and O–H groups in total. The van der Waals surface area contributed by atoms with E-state index in [1.807, 2.05) is 0 Å². The molecule has 0 aliphatic carbocycles. The molecule has 0 aliphatic heterocycles. The predicted octanol–water partition coefficient (Wildman–Crippen LogP) is -0.726. The van der Waals surface area contributed by atoms with E-state index in [-0.39, 0.29) is 5.82 Å². The van der Waals surface area contributed by atoms with Gasteiger partial charge in [-0.05, 0) is 0 Å². The Morgan fingerprint density at radius 3 is 2.90 bits per heavy atom. The molecule has 0 radical (unpaired) electrons. The first-order valence-electron chi connectivity index (χ1n) is 2.28. The SMILES string of the molecule is Nc1nc(=O)[n]([Au])cc1F. The van der Waals surface area contributed by atoms with Crippen LogP contribution in [0.5, 0.6) is 0 Å². The number of halogens is 1. The maximum absolute atomic E-state index is 12.4. The summed E-state index contributed by atoms with van der Waals surface area (Å²) >= 11 is 1.79. The molecule has 6 heteroatoms. The Labute approximate surface area is 68.1 Å². The van der Waals surface area contributed by atoms with E-state index in [0.29, 0.717) is 0 Å². The maximum atomic E-state index is 12.4. The van der Waals surface area contributed by atoms with Crippen molar-refractivity contribution in [2.75, 3.05) is 5.73 Å². The van der Waals surface area contributed by atoms with Gasteiger partial charge in [0, 0.05) is 0 Å². The van der Waals surface area contributed by atoms with Crippen molar-refractivity contribution in [1.29, 1.82) is 0 Å². The molecule has 0 unspecified atom stereocenters. The van der Waals surface area contributed by atoms with Crippen molar-refractivity contribution in [2.24, 2.45) is 0 Å². The van der Waals surface area contributed by atoms with E-state index in [0.717, 1.165) is 9.17 Å². The number of aromatic nitrogens is 2. The molecule has 0 aliphatic rings. The molecular formula is C4H3AuFN3O. The molecule has 1 aromatic heterocycles. The van der Waals surface area contributed by atoms with Crippen molar-refractivity contribution in [3.63, 3.8) is 0 Å². The van der Waals surface area contributed by atoms with Gasteiger partial charge in [0.05, 0.1) is 0 Å².